The van der Waals surface area contributed by atoms with Crippen molar-refractivity contribution in [2.45, 2.75) is 32.2 Å². The highest BCUT2D eigenvalue weighted by atomic mass is 16.2. The number of carbonyl (C=O) groups is 1. The SMILES string of the molecule is Cc1ccc(C(=O)N2CCCCC2CN)c(=O)[nH]1. The molecule has 0 aliphatic carbocycles. The van der Waals surface area contributed by atoms with Crippen molar-refractivity contribution >= 4 is 5.91 Å². The first-order chi connectivity index (χ1) is 8.63. The molecule has 3 N–H and O–H groups in total. The lowest BCUT2D eigenvalue weighted by molar-refractivity contribution is 0.0621. The number of nitrogens with one attached hydrogen (secondary N) is 1. The summed E-state index contributed by atoms with van der Waals surface area (Å²) in [5, 5.41) is 0. The van der Waals surface area contributed by atoms with Crippen LogP contribution in [-0.4, -0.2) is 34.9 Å². The Kier molecular flexibility index (Phi) is 3.81. The van der Waals surface area contributed by atoms with Crippen molar-refractivity contribution in [3.63, 3.8) is 0 Å². The Balaban J connectivity index is 2.27. The molecule has 5 nitrogen and oxygen atoms in total. The van der Waals surface area contributed by atoms with E-state index in [1.54, 1.807) is 24.0 Å². The topological polar surface area (TPSA) is 79.2 Å². The van der Waals surface area contributed by atoms with Crippen molar-refractivity contribution in [2.24, 2.45) is 5.73 Å². The van der Waals surface area contributed by atoms with Crippen LogP contribution in [0.3, 0.4) is 0 Å². The molecule has 2 heterocycles. The quantitative estimate of drug-likeness (QED) is 0.807. The van der Waals surface area contributed by atoms with Gasteiger partial charge in [-0.1, -0.05) is 0 Å². The van der Waals surface area contributed by atoms with E-state index in [0.29, 0.717) is 13.1 Å². The van der Waals surface area contributed by atoms with Gasteiger partial charge in [0.25, 0.3) is 11.5 Å². The second-order valence-electron chi connectivity index (χ2n) is 4.77. The number of nitrogens with two attached hydrogens (primary N) is 1. The first-order valence-electron chi connectivity index (χ1n) is 6.34. The number of carbonyl (C=O) groups excluding carboxylic acids is 1. The van der Waals surface area contributed by atoms with Crippen LogP contribution in [0.25, 0.3) is 0 Å². The number of pyridine rings is 1. The van der Waals surface area contributed by atoms with E-state index in [4.69, 9.17) is 5.73 Å². The number of amides is 1. The lowest BCUT2D eigenvalue weighted by Gasteiger charge is -2.34. The Labute approximate surface area is 106 Å². The van der Waals surface area contributed by atoms with Gasteiger partial charge >= 0.3 is 0 Å². The van der Waals surface area contributed by atoms with Gasteiger partial charge in [0.2, 0.25) is 0 Å². The highest BCUT2D eigenvalue weighted by Gasteiger charge is 2.27. The summed E-state index contributed by atoms with van der Waals surface area (Å²) in [6, 6.07) is 3.40. The lowest BCUT2D eigenvalue weighted by atomic mass is 10.0. The van der Waals surface area contributed by atoms with E-state index in [1.807, 2.05) is 0 Å². The normalized spacial score (nSPS) is 19.9. The maximum absolute atomic E-state index is 12.4. The number of H-pyrrole nitrogens is 1. The Morgan fingerprint density at radius 3 is 2.94 bits per heavy atom. The van der Waals surface area contributed by atoms with E-state index in [-0.39, 0.29) is 23.1 Å². The van der Waals surface area contributed by atoms with E-state index < -0.39 is 0 Å². The van der Waals surface area contributed by atoms with Crippen molar-refractivity contribution in [1.82, 2.24) is 9.88 Å². The molecular formula is C13H19N3O2. The molecule has 1 fully saturated rings. The van der Waals surface area contributed by atoms with Crippen LogP contribution in [-0.2, 0) is 0 Å². The van der Waals surface area contributed by atoms with Crippen molar-refractivity contribution in [1.29, 1.82) is 0 Å². The minimum absolute atomic E-state index is 0.0620. The van der Waals surface area contributed by atoms with E-state index >= 15 is 0 Å². The number of rotatable bonds is 2. The van der Waals surface area contributed by atoms with Crippen LogP contribution in [0.1, 0.15) is 35.3 Å². The van der Waals surface area contributed by atoms with Crippen LogP contribution in [0.5, 0.6) is 0 Å². The third-order valence-electron chi connectivity index (χ3n) is 3.45. The number of hydrogen-bond acceptors (Lipinski definition) is 3. The summed E-state index contributed by atoms with van der Waals surface area (Å²) < 4.78 is 0. The first kappa shape index (κ1) is 12.8. The molecule has 98 valence electrons. The van der Waals surface area contributed by atoms with Crippen LogP contribution in [0.4, 0.5) is 0 Å². The second-order valence-corrected chi connectivity index (χ2v) is 4.77. The van der Waals surface area contributed by atoms with Gasteiger partial charge in [-0.25, -0.2) is 0 Å². The van der Waals surface area contributed by atoms with Crippen LogP contribution < -0.4 is 11.3 Å². The maximum atomic E-state index is 12.4. The highest BCUT2D eigenvalue weighted by molar-refractivity contribution is 5.94. The molecule has 1 amide bonds. The van der Waals surface area contributed by atoms with Gasteiger partial charge < -0.3 is 15.6 Å². The third kappa shape index (κ3) is 2.46. The van der Waals surface area contributed by atoms with Crippen molar-refractivity contribution in [3.05, 3.63) is 33.7 Å². The molecule has 0 aromatic carbocycles. The number of aromatic amines is 1. The number of likely N-dealkylation sites (tertiary alicyclic amines) is 1. The van der Waals surface area contributed by atoms with Crippen LogP contribution in [0, 0.1) is 6.92 Å². The Morgan fingerprint density at radius 1 is 1.50 bits per heavy atom. The van der Waals surface area contributed by atoms with Crippen LogP contribution >= 0.6 is 0 Å². The smallest absolute Gasteiger partial charge is 0.260 e. The van der Waals surface area contributed by atoms with E-state index in [1.165, 1.54) is 0 Å². The van der Waals surface area contributed by atoms with Gasteiger partial charge in [0.1, 0.15) is 5.56 Å². The molecule has 1 aromatic heterocycles. The minimum Gasteiger partial charge on any atom is -0.334 e. The monoisotopic (exact) mass is 249 g/mol. The van der Waals surface area contributed by atoms with E-state index in [0.717, 1.165) is 25.0 Å². The molecule has 0 spiro atoms. The third-order valence-corrected chi connectivity index (χ3v) is 3.45. The molecule has 1 aliphatic heterocycles. The molecule has 1 atom stereocenters. The number of piperidine rings is 1. The fraction of sp³-hybridized carbons (Fsp3) is 0.538. The summed E-state index contributed by atoms with van der Waals surface area (Å²) in [5.41, 5.74) is 6.34. The summed E-state index contributed by atoms with van der Waals surface area (Å²) in [4.78, 5) is 28.5. The predicted octanol–water partition coefficient (Wildman–Crippen LogP) is 0.637. The first-order valence-corrected chi connectivity index (χ1v) is 6.34. The Bertz CT molecular complexity index is 495. The fourth-order valence-corrected chi connectivity index (χ4v) is 2.41. The largest absolute Gasteiger partial charge is 0.334 e. The Hall–Kier alpha value is -1.62. The molecule has 0 radical (unpaired) electrons. The zero-order valence-electron chi connectivity index (χ0n) is 10.6. The summed E-state index contributed by atoms with van der Waals surface area (Å²) >= 11 is 0. The van der Waals surface area contributed by atoms with Crippen molar-refractivity contribution < 1.29 is 4.79 Å². The number of nitrogens with zero attached hydrogens (tertiary/aromatic N) is 1. The van der Waals surface area contributed by atoms with Gasteiger partial charge in [-0.05, 0) is 38.3 Å². The molecule has 0 bridgehead atoms. The standard InChI is InChI=1S/C13H19N3O2/c1-9-5-6-11(12(17)15-9)13(18)16-7-3-2-4-10(16)8-14/h5-6,10H,2-4,7-8,14H2,1H3,(H,15,17). The minimum atomic E-state index is -0.318. The van der Waals surface area contributed by atoms with Gasteiger partial charge in [0, 0.05) is 24.8 Å². The van der Waals surface area contributed by atoms with Crippen molar-refractivity contribution in [3.8, 4) is 0 Å². The van der Waals surface area contributed by atoms with Gasteiger partial charge in [-0.3, -0.25) is 9.59 Å². The molecular weight excluding hydrogens is 230 g/mol. The van der Waals surface area contributed by atoms with Gasteiger partial charge in [0.15, 0.2) is 0 Å². The predicted molar refractivity (Wildman–Crippen MR) is 69.5 cm³/mol. The molecule has 1 aliphatic rings. The van der Waals surface area contributed by atoms with Crippen LogP contribution in [0.15, 0.2) is 16.9 Å². The summed E-state index contributed by atoms with van der Waals surface area (Å²) in [7, 11) is 0. The highest BCUT2D eigenvalue weighted by Crippen LogP contribution is 2.17. The molecule has 1 unspecified atom stereocenters. The van der Waals surface area contributed by atoms with Gasteiger partial charge in [-0.2, -0.15) is 0 Å². The fourth-order valence-electron chi connectivity index (χ4n) is 2.41. The van der Waals surface area contributed by atoms with E-state index in [2.05, 4.69) is 4.98 Å². The summed E-state index contributed by atoms with van der Waals surface area (Å²) in [6.07, 6.45) is 2.99. The van der Waals surface area contributed by atoms with Gasteiger partial charge in [0.05, 0.1) is 0 Å². The summed E-state index contributed by atoms with van der Waals surface area (Å²) in [5.74, 6) is -0.202. The second kappa shape index (κ2) is 5.35. The summed E-state index contributed by atoms with van der Waals surface area (Å²) in [6.45, 7) is 2.93. The lowest BCUT2D eigenvalue weighted by Crippen LogP contribution is -2.48. The molecule has 0 saturated carbocycles. The van der Waals surface area contributed by atoms with Gasteiger partial charge in [-0.15, -0.1) is 0 Å². The number of aromatic nitrogens is 1. The molecule has 5 heteroatoms. The molecule has 18 heavy (non-hydrogen) atoms. The molecule has 2 rings (SSSR count). The molecule has 1 aromatic rings. The van der Waals surface area contributed by atoms with Crippen LogP contribution in [0.2, 0.25) is 0 Å². The zero-order valence-corrected chi connectivity index (χ0v) is 10.6. The maximum Gasteiger partial charge on any atom is 0.260 e. The van der Waals surface area contributed by atoms with Crippen molar-refractivity contribution in [2.75, 3.05) is 13.1 Å². The Morgan fingerprint density at radius 2 is 2.28 bits per heavy atom. The average Bonchev–Trinajstić information content (AvgIpc) is 2.38. The zero-order chi connectivity index (χ0) is 13.1. The average molecular weight is 249 g/mol. The number of aryl methyl sites for hydroxylation is 1. The molecule has 1 saturated heterocycles. The number of hydrogen-bond donors (Lipinski definition) is 2. The van der Waals surface area contributed by atoms with E-state index in [9.17, 15) is 9.59 Å².